The van der Waals surface area contributed by atoms with Crippen LogP contribution >= 0.6 is 0 Å². The fourth-order valence-electron chi connectivity index (χ4n) is 2.47. The molecule has 2 aliphatic heterocycles. The first kappa shape index (κ1) is 30.7. The van der Waals surface area contributed by atoms with E-state index in [1.54, 1.807) is 0 Å². The van der Waals surface area contributed by atoms with Gasteiger partial charge in [-0.3, -0.25) is 39.4 Å². The quantitative estimate of drug-likeness (QED) is 0.232. The number of esters is 2. The molecule has 0 aromatic carbocycles. The van der Waals surface area contributed by atoms with Gasteiger partial charge in [-0.25, -0.2) is 0 Å². The Morgan fingerprint density at radius 3 is 1.15 bits per heavy atom. The molecule has 2 N–H and O–H groups in total. The predicted octanol–water partition coefficient (Wildman–Crippen LogP) is 2.41. The molecule has 0 saturated heterocycles. The van der Waals surface area contributed by atoms with Crippen molar-refractivity contribution in [1.29, 1.82) is 0 Å². The highest BCUT2D eigenvalue weighted by Gasteiger charge is 2.07. The Morgan fingerprint density at radius 1 is 0.588 bits per heavy atom. The average Bonchev–Trinajstić information content (AvgIpc) is 3.37. The lowest BCUT2D eigenvalue weighted by Gasteiger charge is -2.06. The maximum Gasteiger partial charge on any atom is 0.305 e. The summed E-state index contributed by atoms with van der Waals surface area (Å²) in [5.41, 5.74) is 0. The van der Waals surface area contributed by atoms with Crippen LogP contribution in [-0.2, 0) is 38.2 Å². The first-order valence-electron chi connectivity index (χ1n) is 11.7. The summed E-state index contributed by atoms with van der Waals surface area (Å²) < 4.78 is 10.2. The van der Waals surface area contributed by atoms with E-state index < -0.39 is 0 Å². The fourth-order valence-corrected chi connectivity index (χ4v) is 2.47. The fraction of sp³-hybridized carbons (Fsp3) is 0.583. The molecule has 0 bridgehead atoms. The summed E-state index contributed by atoms with van der Waals surface area (Å²) in [5.74, 6) is -1.55. The topological polar surface area (TPSA) is 145 Å². The van der Waals surface area contributed by atoms with Gasteiger partial charge in [-0.1, -0.05) is 39.5 Å². The van der Waals surface area contributed by atoms with Gasteiger partial charge in [0.2, 0.25) is 0 Å². The van der Waals surface area contributed by atoms with Crippen molar-refractivity contribution >= 4 is 35.6 Å². The Morgan fingerprint density at radius 2 is 0.912 bits per heavy atom. The molecule has 10 nitrogen and oxygen atoms in total. The number of amides is 4. The number of rotatable bonds is 13. The third kappa shape index (κ3) is 19.4. The molecule has 0 aromatic heterocycles. The van der Waals surface area contributed by atoms with Crippen molar-refractivity contribution in [2.45, 2.75) is 78.1 Å². The van der Waals surface area contributed by atoms with E-state index >= 15 is 0 Å². The summed E-state index contributed by atoms with van der Waals surface area (Å²) in [7, 11) is 0. The molecule has 34 heavy (non-hydrogen) atoms. The highest BCUT2D eigenvalue weighted by molar-refractivity contribution is 6.13. The van der Waals surface area contributed by atoms with Gasteiger partial charge in [-0.15, -0.1) is 0 Å². The minimum atomic E-state index is -0.329. The lowest BCUT2D eigenvalue weighted by atomic mass is 10.2. The van der Waals surface area contributed by atoms with Crippen LogP contribution in [0.3, 0.4) is 0 Å². The number of nitrogens with one attached hydrogen (secondary N) is 2. The Kier molecular flexibility index (Phi) is 18.3. The van der Waals surface area contributed by atoms with Gasteiger partial charge < -0.3 is 9.47 Å². The zero-order valence-electron chi connectivity index (χ0n) is 20.1. The molecule has 10 heteroatoms. The highest BCUT2D eigenvalue weighted by atomic mass is 16.5. The summed E-state index contributed by atoms with van der Waals surface area (Å²) in [6, 6.07) is 0. The molecular formula is C24H36N2O8. The molecular weight excluding hydrogens is 444 g/mol. The maximum absolute atomic E-state index is 11.3. The van der Waals surface area contributed by atoms with Crippen molar-refractivity contribution in [2.24, 2.45) is 0 Å². The number of carbonyl (C=O) groups excluding carboxylic acids is 6. The third-order valence-corrected chi connectivity index (χ3v) is 4.30. The number of hydrogen-bond acceptors (Lipinski definition) is 8. The molecule has 0 atom stereocenters. The van der Waals surface area contributed by atoms with E-state index in [0.29, 0.717) is 26.1 Å². The lowest BCUT2D eigenvalue weighted by Crippen LogP contribution is -2.19. The number of ether oxygens (including phenoxy) is 2. The van der Waals surface area contributed by atoms with Gasteiger partial charge in [0.15, 0.2) is 0 Å². The van der Waals surface area contributed by atoms with Gasteiger partial charge >= 0.3 is 11.9 Å². The van der Waals surface area contributed by atoms with E-state index in [1.165, 1.54) is 24.3 Å². The van der Waals surface area contributed by atoms with Crippen LogP contribution in [0.15, 0.2) is 24.3 Å². The van der Waals surface area contributed by atoms with Crippen molar-refractivity contribution in [1.82, 2.24) is 10.6 Å². The molecule has 4 amide bonds. The SMILES string of the molecule is CCCCCC(=O)OCCCCOC(=O)CCCCC.O=C1C=CC(=O)N1.O=C1C=CC(=O)N1. The molecule has 0 saturated carbocycles. The Hall–Kier alpha value is -3.30. The monoisotopic (exact) mass is 480 g/mol. The van der Waals surface area contributed by atoms with Crippen LogP contribution in [0, 0.1) is 0 Å². The molecule has 190 valence electrons. The molecule has 2 aliphatic rings. The smallest absolute Gasteiger partial charge is 0.305 e. The zero-order valence-corrected chi connectivity index (χ0v) is 20.1. The first-order valence-corrected chi connectivity index (χ1v) is 11.7. The van der Waals surface area contributed by atoms with Crippen molar-refractivity contribution in [3.8, 4) is 0 Å². The molecule has 0 fully saturated rings. The summed E-state index contributed by atoms with van der Waals surface area (Å²) in [4.78, 5) is 62.7. The molecule has 0 unspecified atom stereocenters. The van der Waals surface area contributed by atoms with Gasteiger partial charge in [0.25, 0.3) is 23.6 Å². The second kappa shape index (κ2) is 20.3. The van der Waals surface area contributed by atoms with Crippen LogP contribution in [0.25, 0.3) is 0 Å². The van der Waals surface area contributed by atoms with Gasteiger partial charge in [0, 0.05) is 37.1 Å². The van der Waals surface area contributed by atoms with Gasteiger partial charge in [0.05, 0.1) is 13.2 Å². The Labute approximate surface area is 200 Å². The third-order valence-electron chi connectivity index (χ3n) is 4.30. The van der Waals surface area contributed by atoms with Crippen LogP contribution in [0.5, 0.6) is 0 Å². The zero-order chi connectivity index (χ0) is 25.6. The summed E-state index contributed by atoms with van der Waals surface area (Å²) in [5, 5.41) is 4.06. The van der Waals surface area contributed by atoms with E-state index in [4.69, 9.17) is 9.47 Å². The van der Waals surface area contributed by atoms with Crippen LogP contribution < -0.4 is 10.6 Å². The second-order valence-corrected chi connectivity index (χ2v) is 7.44. The van der Waals surface area contributed by atoms with E-state index in [0.717, 1.165) is 51.4 Å². The van der Waals surface area contributed by atoms with Crippen molar-refractivity contribution in [3.05, 3.63) is 24.3 Å². The molecule has 0 aromatic rings. The largest absolute Gasteiger partial charge is 0.466 e. The number of imide groups is 2. The minimum absolute atomic E-state index is 0.116. The molecule has 0 radical (unpaired) electrons. The van der Waals surface area contributed by atoms with Crippen molar-refractivity contribution in [2.75, 3.05) is 13.2 Å². The van der Waals surface area contributed by atoms with Gasteiger partial charge in [0.1, 0.15) is 0 Å². The van der Waals surface area contributed by atoms with Gasteiger partial charge in [-0.2, -0.15) is 0 Å². The van der Waals surface area contributed by atoms with E-state index in [-0.39, 0.29) is 35.6 Å². The summed E-state index contributed by atoms with van der Waals surface area (Å²) in [6.45, 7) is 5.07. The molecule has 0 spiro atoms. The maximum atomic E-state index is 11.3. The average molecular weight is 481 g/mol. The van der Waals surface area contributed by atoms with Crippen molar-refractivity contribution < 1.29 is 38.2 Å². The minimum Gasteiger partial charge on any atom is -0.466 e. The van der Waals surface area contributed by atoms with Crippen LogP contribution in [-0.4, -0.2) is 48.8 Å². The van der Waals surface area contributed by atoms with Crippen LogP contribution in [0.4, 0.5) is 0 Å². The first-order chi connectivity index (χ1) is 16.3. The van der Waals surface area contributed by atoms with Crippen molar-refractivity contribution in [3.63, 3.8) is 0 Å². The highest BCUT2D eigenvalue weighted by Crippen LogP contribution is 2.03. The lowest BCUT2D eigenvalue weighted by molar-refractivity contribution is -0.146. The summed E-state index contributed by atoms with van der Waals surface area (Å²) >= 11 is 0. The van der Waals surface area contributed by atoms with E-state index in [1.807, 2.05) is 10.6 Å². The predicted molar refractivity (Wildman–Crippen MR) is 124 cm³/mol. The molecule has 2 heterocycles. The number of unbranched alkanes of at least 4 members (excludes halogenated alkanes) is 5. The van der Waals surface area contributed by atoms with Crippen LogP contribution in [0.1, 0.15) is 78.1 Å². The standard InChI is InChI=1S/C16H30O4.2C4H3NO2/c1-3-5-7-11-15(17)19-13-9-10-14-20-16(18)12-8-6-4-2;2*6-3-1-2-4(7)5-3/h3-14H2,1-2H3;2*1-2H,(H,5,6,7). The second-order valence-electron chi connectivity index (χ2n) is 7.44. The molecule has 2 rings (SSSR count). The van der Waals surface area contributed by atoms with E-state index in [9.17, 15) is 28.8 Å². The van der Waals surface area contributed by atoms with E-state index in [2.05, 4.69) is 13.8 Å². The summed E-state index contributed by atoms with van der Waals surface area (Å²) in [6.07, 6.45) is 13.5. The van der Waals surface area contributed by atoms with Crippen LogP contribution in [0.2, 0.25) is 0 Å². The van der Waals surface area contributed by atoms with Gasteiger partial charge in [-0.05, 0) is 25.7 Å². The Bertz CT molecular complexity index is 649. The molecule has 0 aliphatic carbocycles. The number of hydrogen-bond donors (Lipinski definition) is 2. The Balaban J connectivity index is 0.000000619. The normalized spacial score (nSPS) is 13.4. The number of carbonyl (C=O) groups is 6.